The second kappa shape index (κ2) is 5.41. The van der Waals surface area contributed by atoms with E-state index in [4.69, 9.17) is 10.5 Å². The average Bonchev–Trinajstić information content (AvgIpc) is 2.80. The number of aromatic nitrogens is 1. The van der Waals surface area contributed by atoms with Crippen molar-refractivity contribution in [1.82, 2.24) is 4.37 Å². The van der Waals surface area contributed by atoms with Crippen LogP contribution in [0.3, 0.4) is 0 Å². The van der Waals surface area contributed by atoms with Crippen molar-refractivity contribution in [2.24, 2.45) is 5.92 Å². The number of fused-ring (bicyclic) bond motifs is 1. The van der Waals surface area contributed by atoms with E-state index in [0.29, 0.717) is 18.3 Å². The molecule has 1 saturated carbocycles. The first-order valence-corrected chi connectivity index (χ1v) is 8.26. The summed E-state index contributed by atoms with van der Waals surface area (Å²) in [6.45, 7) is 4.29. The number of nitrogens with zero attached hydrogens (tertiary/aromatic N) is 2. The van der Waals surface area contributed by atoms with Crippen molar-refractivity contribution in [2.75, 3.05) is 30.3 Å². The first-order valence-electron chi connectivity index (χ1n) is 7.49. The zero-order chi connectivity index (χ0) is 14.2. The highest BCUT2D eigenvalue weighted by atomic mass is 32.1. The van der Waals surface area contributed by atoms with Gasteiger partial charge in [-0.1, -0.05) is 12.8 Å². The molecule has 2 unspecified atom stereocenters. The number of nitrogens with two attached hydrogens (primary N) is 1. The number of ether oxygens (including phenoxy) is 1. The molecule has 20 heavy (non-hydrogen) atoms. The van der Waals surface area contributed by atoms with E-state index in [0.717, 1.165) is 49.5 Å². The number of hydrogen-bond donors (Lipinski definition) is 2. The van der Waals surface area contributed by atoms with E-state index < -0.39 is 5.60 Å². The standard InChI is InChI=1S/C14H23N3O2S/c1-2-19-11-12(15)16-20-13(11)17-8-7-14(18)6-4-3-5-10(14)9-17/h10,18H,2-9H2,1H3,(H2,15,16). The molecule has 1 aromatic heterocycles. The van der Waals surface area contributed by atoms with Crippen molar-refractivity contribution in [3.63, 3.8) is 0 Å². The van der Waals surface area contributed by atoms with E-state index in [1.807, 2.05) is 6.92 Å². The predicted octanol–water partition coefficient (Wildman–Crippen LogP) is 2.26. The lowest BCUT2D eigenvalue weighted by Gasteiger charge is -2.47. The summed E-state index contributed by atoms with van der Waals surface area (Å²) < 4.78 is 9.86. The van der Waals surface area contributed by atoms with Crippen LogP contribution in [0.15, 0.2) is 0 Å². The van der Waals surface area contributed by atoms with E-state index in [2.05, 4.69) is 9.27 Å². The lowest BCUT2D eigenvalue weighted by atomic mass is 9.71. The maximum Gasteiger partial charge on any atom is 0.197 e. The fourth-order valence-electron chi connectivity index (χ4n) is 3.52. The molecule has 5 nitrogen and oxygen atoms in total. The predicted molar refractivity (Wildman–Crippen MR) is 81.4 cm³/mol. The Bertz CT molecular complexity index is 479. The van der Waals surface area contributed by atoms with Gasteiger partial charge in [0.05, 0.1) is 12.2 Å². The molecule has 3 rings (SSSR count). The van der Waals surface area contributed by atoms with Crippen molar-refractivity contribution >= 4 is 22.4 Å². The molecule has 1 saturated heterocycles. The first kappa shape index (κ1) is 13.9. The van der Waals surface area contributed by atoms with Gasteiger partial charge in [-0.05, 0) is 37.7 Å². The SMILES string of the molecule is CCOc1c(N)nsc1N1CCC2(O)CCCCC2C1. The van der Waals surface area contributed by atoms with Crippen molar-refractivity contribution in [3.8, 4) is 5.75 Å². The van der Waals surface area contributed by atoms with Crippen LogP contribution in [-0.2, 0) is 0 Å². The van der Waals surface area contributed by atoms with E-state index in [1.165, 1.54) is 18.0 Å². The Morgan fingerprint density at radius 3 is 3.15 bits per heavy atom. The van der Waals surface area contributed by atoms with Crippen molar-refractivity contribution in [3.05, 3.63) is 0 Å². The number of piperidine rings is 1. The summed E-state index contributed by atoms with van der Waals surface area (Å²) in [6.07, 6.45) is 5.29. The van der Waals surface area contributed by atoms with Crippen LogP contribution in [0.4, 0.5) is 10.8 Å². The van der Waals surface area contributed by atoms with Gasteiger partial charge < -0.3 is 20.5 Å². The van der Waals surface area contributed by atoms with Crippen LogP contribution < -0.4 is 15.4 Å². The summed E-state index contributed by atoms with van der Waals surface area (Å²) in [5.41, 5.74) is 5.44. The van der Waals surface area contributed by atoms with Gasteiger partial charge in [-0.2, -0.15) is 4.37 Å². The number of aliphatic hydroxyl groups is 1. The highest BCUT2D eigenvalue weighted by Gasteiger charge is 2.43. The second-order valence-corrected chi connectivity index (χ2v) is 6.63. The Morgan fingerprint density at radius 2 is 2.35 bits per heavy atom. The van der Waals surface area contributed by atoms with Gasteiger partial charge in [-0.15, -0.1) is 0 Å². The molecular formula is C14H23N3O2S. The van der Waals surface area contributed by atoms with Gasteiger partial charge >= 0.3 is 0 Å². The molecule has 2 fully saturated rings. The zero-order valence-electron chi connectivity index (χ0n) is 12.0. The van der Waals surface area contributed by atoms with Gasteiger partial charge in [-0.3, -0.25) is 0 Å². The molecule has 0 radical (unpaired) electrons. The van der Waals surface area contributed by atoms with Gasteiger partial charge in [0.25, 0.3) is 0 Å². The van der Waals surface area contributed by atoms with Crippen LogP contribution >= 0.6 is 11.5 Å². The summed E-state index contributed by atoms with van der Waals surface area (Å²) in [7, 11) is 0. The molecule has 3 N–H and O–H groups in total. The summed E-state index contributed by atoms with van der Waals surface area (Å²) in [6, 6.07) is 0. The summed E-state index contributed by atoms with van der Waals surface area (Å²) in [4.78, 5) is 2.30. The van der Waals surface area contributed by atoms with E-state index in [-0.39, 0.29) is 0 Å². The minimum absolute atomic E-state index is 0.364. The average molecular weight is 297 g/mol. The van der Waals surface area contributed by atoms with E-state index >= 15 is 0 Å². The number of rotatable bonds is 3. The molecule has 0 spiro atoms. The van der Waals surface area contributed by atoms with Gasteiger partial charge in [0.15, 0.2) is 16.6 Å². The molecule has 1 aliphatic carbocycles. The first-order chi connectivity index (χ1) is 9.64. The van der Waals surface area contributed by atoms with Crippen LogP contribution in [0.25, 0.3) is 0 Å². The van der Waals surface area contributed by atoms with Crippen LogP contribution in [0.5, 0.6) is 5.75 Å². The summed E-state index contributed by atoms with van der Waals surface area (Å²) in [5.74, 6) is 1.57. The minimum atomic E-state index is -0.448. The molecule has 6 heteroatoms. The molecule has 2 atom stereocenters. The fraction of sp³-hybridized carbons (Fsp3) is 0.786. The van der Waals surface area contributed by atoms with Crippen molar-refractivity contribution < 1.29 is 9.84 Å². The van der Waals surface area contributed by atoms with E-state index in [9.17, 15) is 5.11 Å². The molecule has 1 aromatic rings. The van der Waals surface area contributed by atoms with Gasteiger partial charge in [0, 0.05) is 19.0 Å². The normalized spacial score (nSPS) is 30.1. The summed E-state index contributed by atoms with van der Waals surface area (Å²) >= 11 is 1.41. The number of hydrogen-bond acceptors (Lipinski definition) is 6. The quantitative estimate of drug-likeness (QED) is 0.895. The molecule has 112 valence electrons. The van der Waals surface area contributed by atoms with Gasteiger partial charge in [0.1, 0.15) is 0 Å². The lowest BCUT2D eigenvalue weighted by Crippen LogP contribution is -2.53. The van der Waals surface area contributed by atoms with Crippen molar-refractivity contribution in [1.29, 1.82) is 0 Å². The van der Waals surface area contributed by atoms with Crippen LogP contribution in [0.2, 0.25) is 0 Å². The Morgan fingerprint density at radius 1 is 1.50 bits per heavy atom. The molecule has 2 aliphatic rings. The third-order valence-corrected chi connectivity index (χ3v) is 5.57. The minimum Gasteiger partial charge on any atom is -0.487 e. The van der Waals surface area contributed by atoms with Crippen molar-refractivity contribution in [2.45, 2.75) is 44.6 Å². The van der Waals surface area contributed by atoms with Gasteiger partial charge in [-0.25, -0.2) is 0 Å². The Labute approximate surface area is 123 Å². The smallest absolute Gasteiger partial charge is 0.197 e. The molecular weight excluding hydrogens is 274 g/mol. The third kappa shape index (κ3) is 2.35. The molecule has 0 aromatic carbocycles. The van der Waals surface area contributed by atoms with Crippen LogP contribution in [0, 0.1) is 5.92 Å². The zero-order valence-corrected chi connectivity index (χ0v) is 12.8. The Balaban J connectivity index is 1.79. The molecule has 1 aliphatic heterocycles. The topological polar surface area (TPSA) is 71.6 Å². The monoisotopic (exact) mass is 297 g/mol. The fourth-order valence-corrected chi connectivity index (χ4v) is 4.32. The molecule has 0 amide bonds. The molecule has 2 heterocycles. The highest BCUT2D eigenvalue weighted by molar-refractivity contribution is 7.11. The van der Waals surface area contributed by atoms with Gasteiger partial charge in [0.2, 0.25) is 0 Å². The maximum atomic E-state index is 10.7. The number of anilines is 2. The second-order valence-electron chi connectivity index (χ2n) is 5.88. The van der Waals surface area contributed by atoms with Crippen LogP contribution in [-0.4, -0.2) is 34.8 Å². The molecule has 0 bridgehead atoms. The number of nitrogen functional groups attached to an aromatic ring is 1. The Hall–Kier alpha value is -1.01. The highest BCUT2D eigenvalue weighted by Crippen LogP contribution is 2.45. The summed E-state index contributed by atoms with van der Waals surface area (Å²) in [5, 5.41) is 11.8. The lowest BCUT2D eigenvalue weighted by molar-refractivity contribution is -0.0612. The Kier molecular flexibility index (Phi) is 3.77. The third-order valence-electron chi connectivity index (χ3n) is 4.66. The maximum absolute atomic E-state index is 10.7. The van der Waals surface area contributed by atoms with E-state index in [1.54, 1.807) is 0 Å². The largest absolute Gasteiger partial charge is 0.487 e. The van der Waals surface area contributed by atoms with Crippen LogP contribution in [0.1, 0.15) is 39.0 Å².